The SMILES string of the molecule is COC(=O)c1cc(NCCNC2CCCCCC2)ccn1. The van der Waals surface area contributed by atoms with Crippen molar-refractivity contribution >= 4 is 11.7 Å². The third-order valence-corrected chi connectivity index (χ3v) is 3.90. The number of ether oxygens (including phenoxy) is 1. The number of aromatic nitrogens is 1. The second-order valence-electron chi connectivity index (χ2n) is 5.49. The summed E-state index contributed by atoms with van der Waals surface area (Å²) in [5.74, 6) is -0.407. The van der Waals surface area contributed by atoms with Gasteiger partial charge in [-0.3, -0.25) is 0 Å². The van der Waals surface area contributed by atoms with Gasteiger partial charge in [-0.15, -0.1) is 0 Å². The van der Waals surface area contributed by atoms with Crippen LogP contribution in [0.3, 0.4) is 0 Å². The monoisotopic (exact) mass is 291 g/mol. The summed E-state index contributed by atoms with van der Waals surface area (Å²) in [5.41, 5.74) is 1.23. The number of esters is 1. The zero-order chi connectivity index (χ0) is 14.9. The molecule has 1 aliphatic carbocycles. The molecule has 1 fully saturated rings. The Labute approximate surface area is 126 Å². The molecule has 0 aliphatic heterocycles. The van der Waals surface area contributed by atoms with E-state index in [1.807, 2.05) is 6.07 Å². The third-order valence-electron chi connectivity index (χ3n) is 3.90. The van der Waals surface area contributed by atoms with Gasteiger partial charge in [-0.05, 0) is 25.0 Å². The molecule has 0 radical (unpaired) electrons. The normalized spacial score (nSPS) is 16.2. The molecule has 21 heavy (non-hydrogen) atoms. The van der Waals surface area contributed by atoms with Gasteiger partial charge in [-0.1, -0.05) is 25.7 Å². The Bertz CT molecular complexity index is 443. The highest BCUT2D eigenvalue weighted by molar-refractivity contribution is 5.88. The van der Waals surface area contributed by atoms with Crippen molar-refractivity contribution in [2.75, 3.05) is 25.5 Å². The van der Waals surface area contributed by atoms with Crippen LogP contribution in [0.1, 0.15) is 49.0 Å². The minimum absolute atomic E-state index is 0.333. The van der Waals surface area contributed by atoms with Gasteiger partial charge < -0.3 is 15.4 Å². The van der Waals surface area contributed by atoms with Crippen LogP contribution in [-0.4, -0.2) is 37.2 Å². The quantitative estimate of drug-likeness (QED) is 0.479. The van der Waals surface area contributed by atoms with Crippen LogP contribution in [-0.2, 0) is 4.74 Å². The maximum atomic E-state index is 11.4. The van der Waals surface area contributed by atoms with Gasteiger partial charge >= 0.3 is 5.97 Å². The summed E-state index contributed by atoms with van der Waals surface area (Å²) in [6.45, 7) is 1.77. The third kappa shape index (κ3) is 5.34. The van der Waals surface area contributed by atoms with E-state index in [-0.39, 0.29) is 0 Å². The smallest absolute Gasteiger partial charge is 0.356 e. The van der Waals surface area contributed by atoms with Crippen molar-refractivity contribution in [3.05, 3.63) is 24.0 Å². The first-order chi connectivity index (χ1) is 10.3. The molecular formula is C16H25N3O2. The highest BCUT2D eigenvalue weighted by Gasteiger charge is 2.11. The van der Waals surface area contributed by atoms with Crippen molar-refractivity contribution in [1.82, 2.24) is 10.3 Å². The molecule has 1 aromatic heterocycles. The molecule has 0 unspecified atom stereocenters. The molecule has 2 N–H and O–H groups in total. The van der Waals surface area contributed by atoms with Crippen LogP contribution in [0.25, 0.3) is 0 Å². The number of pyridine rings is 1. The highest BCUT2D eigenvalue weighted by Crippen LogP contribution is 2.17. The fourth-order valence-electron chi connectivity index (χ4n) is 2.72. The fourth-order valence-corrected chi connectivity index (χ4v) is 2.72. The minimum Gasteiger partial charge on any atom is -0.464 e. The molecule has 1 saturated carbocycles. The molecule has 116 valence electrons. The molecule has 0 atom stereocenters. The van der Waals surface area contributed by atoms with E-state index in [0.29, 0.717) is 11.7 Å². The first kappa shape index (κ1) is 15.8. The Morgan fingerprint density at radius 2 is 2.05 bits per heavy atom. The molecule has 5 heteroatoms. The molecule has 1 heterocycles. The molecule has 1 aromatic rings. The number of rotatable bonds is 6. The zero-order valence-corrected chi connectivity index (χ0v) is 12.7. The largest absolute Gasteiger partial charge is 0.464 e. The van der Waals surface area contributed by atoms with Gasteiger partial charge in [0.1, 0.15) is 5.69 Å². The second-order valence-corrected chi connectivity index (χ2v) is 5.49. The second kappa shape index (κ2) is 8.62. The average Bonchev–Trinajstić information content (AvgIpc) is 2.80. The maximum absolute atomic E-state index is 11.4. The number of nitrogens with zero attached hydrogens (tertiary/aromatic N) is 1. The maximum Gasteiger partial charge on any atom is 0.356 e. The van der Waals surface area contributed by atoms with Crippen molar-refractivity contribution in [3.63, 3.8) is 0 Å². The van der Waals surface area contributed by atoms with Gasteiger partial charge in [0.2, 0.25) is 0 Å². The first-order valence-electron chi connectivity index (χ1n) is 7.81. The summed E-state index contributed by atoms with van der Waals surface area (Å²) in [6, 6.07) is 4.24. The molecular weight excluding hydrogens is 266 g/mol. The van der Waals surface area contributed by atoms with Crippen molar-refractivity contribution in [2.24, 2.45) is 0 Å². The predicted molar refractivity (Wildman–Crippen MR) is 83.6 cm³/mol. The van der Waals surface area contributed by atoms with Crippen LogP contribution in [0, 0.1) is 0 Å². The van der Waals surface area contributed by atoms with E-state index in [9.17, 15) is 4.79 Å². The van der Waals surface area contributed by atoms with Crippen LogP contribution in [0.5, 0.6) is 0 Å². The van der Waals surface area contributed by atoms with E-state index in [0.717, 1.165) is 18.8 Å². The first-order valence-corrected chi connectivity index (χ1v) is 7.81. The van der Waals surface area contributed by atoms with E-state index in [4.69, 9.17) is 0 Å². The van der Waals surface area contributed by atoms with Crippen LogP contribution < -0.4 is 10.6 Å². The lowest BCUT2D eigenvalue weighted by Crippen LogP contribution is -2.32. The van der Waals surface area contributed by atoms with Crippen molar-refractivity contribution in [2.45, 2.75) is 44.6 Å². The Hall–Kier alpha value is -1.62. The van der Waals surface area contributed by atoms with E-state index < -0.39 is 5.97 Å². The van der Waals surface area contributed by atoms with E-state index >= 15 is 0 Å². The number of carbonyl (C=O) groups is 1. The summed E-state index contributed by atoms with van der Waals surface area (Å²) in [6.07, 6.45) is 9.65. The summed E-state index contributed by atoms with van der Waals surface area (Å²) >= 11 is 0. The van der Waals surface area contributed by atoms with Gasteiger partial charge in [0.25, 0.3) is 0 Å². The summed E-state index contributed by atoms with van der Waals surface area (Å²) in [7, 11) is 1.36. The predicted octanol–water partition coefficient (Wildman–Crippen LogP) is 2.59. The number of methoxy groups -OCH3 is 1. The lowest BCUT2D eigenvalue weighted by Gasteiger charge is -2.16. The zero-order valence-electron chi connectivity index (χ0n) is 12.7. The average molecular weight is 291 g/mol. The molecule has 1 aliphatic rings. The molecule has 0 saturated heterocycles. The van der Waals surface area contributed by atoms with Crippen molar-refractivity contribution < 1.29 is 9.53 Å². The fraction of sp³-hybridized carbons (Fsp3) is 0.625. The van der Waals surface area contributed by atoms with Gasteiger partial charge in [-0.2, -0.15) is 0 Å². The Morgan fingerprint density at radius 3 is 2.76 bits per heavy atom. The van der Waals surface area contributed by atoms with Gasteiger partial charge in [0, 0.05) is 31.0 Å². The highest BCUT2D eigenvalue weighted by atomic mass is 16.5. The van der Waals surface area contributed by atoms with Crippen LogP contribution in [0.2, 0.25) is 0 Å². The van der Waals surface area contributed by atoms with Crippen LogP contribution in [0.4, 0.5) is 5.69 Å². The minimum atomic E-state index is -0.407. The Morgan fingerprint density at radius 1 is 1.29 bits per heavy atom. The molecule has 0 spiro atoms. The summed E-state index contributed by atoms with van der Waals surface area (Å²) < 4.78 is 4.67. The number of carbonyl (C=O) groups excluding carboxylic acids is 1. The topological polar surface area (TPSA) is 63.2 Å². The van der Waals surface area contributed by atoms with E-state index in [1.165, 1.54) is 45.6 Å². The molecule has 0 amide bonds. The molecule has 5 nitrogen and oxygen atoms in total. The number of nitrogens with one attached hydrogen (secondary N) is 2. The van der Waals surface area contributed by atoms with Gasteiger partial charge in [0.15, 0.2) is 0 Å². The summed E-state index contributed by atoms with van der Waals surface area (Å²) in [5, 5.41) is 6.92. The Balaban J connectivity index is 1.71. The molecule has 2 rings (SSSR count). The van der Waals surface area contributed by atoms with Crippen molar-refractivity contribution in [3.8, 4) is 0 Å². The van der Waals surface area contributed by atoms with Gasteiger partial charge in [0.05, 0.1) is 7.11 Å². The van der Waals surface area contributed by atoms with Gasteiger partial charge in [-0.25, -0.2) is 9.78 Å². The van der Waals surface area contributed by atoms with E-state index in [2.05, 4.69) is 20.4 Å². The van der Waals surface area contributed by atoms with E-state index in [1.54, 1.807) is 12.3 Å². The summed E-state index contributed by atoms with van der Waals surface area (Å²) in [4.78, 5) is 15.4. The Kier molecular flexibility index (Phi) is 6.47. The van der Waals surface area contributed by atoms with Crippen molar-refractivity contribution in [1.29, 1.82) is 0 Å². The molecule has 0 bridgehead atoms. The van der Waals surface area contributed by atoms with Crippen LogP contribution in [0.15, 0.2) is 18.3 Å². The lowest BCUT2D eigenvalue weighted by atomic mass is 10.1. The standard InChI is InChI=1S/C16H25N3O2/c1-21-16(20)15-12-14(8-9-19-15)18-11-10-17-13-6-4-2-3-5-7-13/h8-9,12-13,17H,2-7,10-11H2,1H3,(H,18,19). The van der Waals surface area contributed by atoms with Crippen LogP contribution >= 0.6 is 0 Å². The lowest BCUT2D eigenvalue weighted by molar-refractivity contribution is 0.0594. The molecule has 0 aromatic carbocycles. The number of anilines is 1. The number of hydrogen-bond acceptors (Lipinski definition) is 5. The number of hydrogen-bond donors (Lipinski definition) is 2.